The third kappa shape index (κ3) is 1.22. The Bertz CT molecular complexity index is 569. The Hall–Kier alpha value is -1.90. The summed E-state index contributed by atoms with van der Waals surface area (Å²) in [5, 5.41) is 0. The molecule has 0 fully saturated rings. The Morgan fingerprint density at radius 1 is 1.00 bits per heavy atom. The van der Waals surface area contributed by atoms with E-state index in [0.29, 0.717) is 16.9 Å². The van der Waals surface area contributed by atoms with E-state index < -0.39 is 11.6 Å². The van der Waals surface area contributed by atoms with Gasteiger partial charge in [-0.15, -0.1) is 0 Å². The van der Waals surface area contributed by atoms with Crippen molar-refractivity contribution in [2.75, 3.05) is 0 Å². The molecule has 3 rings (SSSR count). The number of benzene rings is 1. The number of hydrogen-bond acceptors (Lipinski definition) is 3. The lowest BCUT2D eigenvalue weighted by molar-refractivity contribution is -0.112. The molecule has 0 saturated heterocycles. The lowest BCUT2D eigenvalue weighted by atomic mass is 9.83. The first-order chi connectivity index (χ1) is 8.11. The highest BCUT2D eigenvalue weighted by molar-refractivity contribution is 6.52. The fourth-order valence-corrected chi connectivity index (χ4v) is 2.44. The first-order valence-electron chi connectivity index (χ1n) is 5.70. The predicted octanol–water partition coefficient (Wildman–Crippen LogP) is 2.22. The fraction of sp³-hybridized carbons (Fsp3) is 0.286. The van der Waals surface area contributed by atoms with Crippen LogP contribution in [0.25, 0.3) is 5.76 Å². The van der Waals surface area contributed by atoms with E-state index in [9.17, 15) is 9.59 Å². The topological polar surface area (TPSA) is 43.4 Å². The lowest BCUT2D eigenvalue weighted by Crippen LogP contribution is -2.25. The molecule has 0 N–H and O–H groups in total. The summed E-state index contributed by atoms with van der Waals surface area (Å²) >= 11 is 0. The van der Waals surface area contributed by atoms with Crippen molar-refractivity contribution in [3.63, 3.8) is 0 Å². The molecular weight excluding hydrogens is 216 g/mol. The summed E-state index contributed by atoms with van der Waals surface area (Å²) in [6.07, 6.45) is -0.0529. The van der Waals surface area contributed by atoms with E-state index in [0.717, 1.165) is 5.56 Å². The van der Waals surface area contributed by atoms with Gasteiger partial charge in [0.15, 0.2) is 0 Å². The molecule has 0 aromatic heterocycles. The van der Waals surface area contributed by atoms with Crippen molar-refractivity contribution >= 4 is 17.3 Å². The van der Waals surface area contributed by atoms with Crippen LogP contribution in [0.3, 0.4) is 0 Å². The van der Waals surface area contributed by atoms with E-state index in [1.807, 2.05) is 26.0 Å². The summed E-state index contributed by atoms with van der Waals surface area (Å²) in [4.78, 5) is 24.0. The van der Waals surface area contributed by atoms with Crippen molar-refractivity contribution in [3.8, 4) is 0 Å². The second kappa shape index (κ2) is 3.29. The first-order valence-corrected chi connectivity index (χ1v) is 5.70. The maximum Gasteiger partial charge on any atom is 0.234 e. The number of hydrogen-bond donors (Lipinski definition) is 0. The number of carbonyl (C=O) groups is 2. The molecule has 0 unspecified atom stereocenters. The minimum atomic E-state index is -0.413. The lowest BCUT2D eigenvalue weighted by Gasteiger charge is -2.15. The van der Waals surface area contributed by atoms with Gasteiger partial charge in [0, 0.05) is 17.0 Å². The third-order valence-electron chi connectivity index (χ3n) is 3.58. The van der Waals surface area contributed by atoms with Crippen molar-refractivity contribution in [3.05, 3.63) is 41.0 Å². The summed E-state index contributed by atoms with van der Waals surface area (Å²) < 4.78 is 5.73. The molecular formula is C14H12O3. The van der Waals surface area contributed by atoms with Gasteiger partial charge in [0.05, 0.1) is 5.57 Å². The van der Waals surface area contributed by atoms with Gasteiger partial charge in [-0.1, -0.05) is 31.2 Å². The van der Waals surface area contributed by atoms with E-state index in [1.165, 1.54) is 0 Å². The normalized spacial score (nSPS) is 26.7. The van der Waals surface area contributed by atoms with E-state index >= 15 is 0 Å². The van der Waals surface area contributed by atoms with Gasteiger partial charge in [0.2, 0.25) is 11.6 Å². The SMILES string of the molecule is C[C@@H]1C2=C(O[C@@H]1C)c1ccccc1C(=O)C2=O. The molecule has 0 amide bonds. The molecule has 0 bridgehead atoms. The van der Waals surface area contributed by atoms with E-state index in [-0.39, 0.29) is 12.0 Å². The summed E-state index contributed by atoms with van der Waals surface area (Å²) in [5.41, 5.74) is 1.75. The van der Waals surface area contributed by atoms with E-state index in [1.54, 1.807) is 12.1 Å². The van der Waals surface area contributed by atoms with Gasteiger partial charge in [-0.3, -0.25) is 9.59 Å². The molecule has 1 aliphatic heterocycles. The van der Waals surface area contributed by atoms with E-state index in [2.05, 4.69) is 0 Å². The van der Waals surface area contributed by atoms with Gasteiger partial charge >= 0.3 is 0 Å². The molecule has 1 aromatic carbocycles. The van der Waals surface area contributed by atoms with Gasteiger partial charge in [0.25, 0.3) is 0 Å². The van der Waals surface area contributed by atoms with Crippen LogP contribution in [0, 0.1) is 5.92 Å². The summed E-state index contributed by atoms with van der Waals surface area (Å²) in [6, 6.07) is 7.12. The average molecular weight is 228 g/mol. The zero-order valence-corrected chi connectivity index (χ0v) is 9.69. The number of ketones is 2. The van der Waals surface area contributed by atoms with Gasteiger partial charge < -0.3 is 4.74 Å². The number of rotatable bonds is 0. The number of fused-ring (bicyclic) bond motifs is 2. The van der Waals surface area contributed by atoms with E-state index in [4.69, 9.17) is 4.74 Å². The Balaban J connectivity index is 2.28. The average Bonchev–Trinajstić information content (AvgIpc) is 2.63. The molecule has 1 aliphatic carbocycles. The summed E-state index contributed by atoms with van der Waals surface area (Å²) in [5.74, 6) is -0.237. The standard InChI is InChI=1S/C14H12O3/c1-7-8(2)17-14-10-6-4-3-5-9(10)12(15)13(16)11(7)14/h3-8H,1-2H3/t7-,8+/m0/s1. The van der Waals surface area contributed by atoms with Crippen molar-refractivity contribution in [2.45, 2.75) is 20.0 Å². The smallest absolute Gasteiger partial charge is 0.234 e. The largest absolute Gasteiger partial charge is 0.489 e. The molecule has 0 radical (unpaired) electrons. The second-order valence-electron chi connectivity index (χ2n) is 4.56. The van der Waals surface area contributed by atoms with Crippen LogP contribution >= 0.6 is 0 Å². The zero-order valence-electron chi connectivity index (χ0n) is 9.69. The third-order valence-corrected chi connectivity index (χ3v) is 3.58. The maximum atomic E-state index is 12.0. The maximum absolute atomic E-state index is 12.0. The van der Waals surface area contributed by atoms with Crippen LogP contribution in [0.4, 0.5) is 0 Å². The van der Waals surface area contributed by atoms with Crippen molar-refractivity contribution in [1.82, 2.24) is 0 Å². The number of Topliss-reactive ketones (excluding diaryl/α,β-unsaturated/α-hetero) is 2. The minimum absolute atomic E-state index is 0.0187. The molecule has 1 heterocycles. The summed E-state index contributed by atoms with van der Waals surface area (Å²) in [6.45, 7) is 3.84. The second-order valence-corrected chi connectivity index (χ2v) is 4.56. The first kappa shape index (κ1) is 10.3. The van der Waals surface area contributed by atoms with Crippen molar-refractivity contribution < 1.29 is 14.3 Å². The quantitative estimate of drug-likeness (QED) is 0.639. The van der Waals surface area contributed by atoms with Gasteiger partial charge in [0.1, 0.15) is 11.9 Å². The Kier molecular flexibility index (Phi) is 1.99. The number of carbonyl (C=O) groups excluding carboxylic acids is 2. The van der Waals surface area contributed by atoms with Crippen LogP contribution < -0.4 is 0 Å². The molecule has 3 nitrogen and oxygen atoms in total. The van der Waals surface area contributed by atoms with Crippen LogP contribution in [-0.4, -0.2) is 17.7 Å². The van der Waals surface area contributed by atoms with Crippen LogP contribution in [0.5, 0.6) is 0 Å². The van der Waals surface area contributed by atoms with Gasteiger partial charge in [-0.05, 0) is 6.92 Å². The van der Waals surface area contributed by atoms with Crippen molar-refractivity contribution in [2.24, 2.45) is 5.92 Å². The Morgan fingerprint density at radius 3 is 2.35 bits per heavy atom. The summed E-state index contributed by atoms with van der Waals surface area (Å²) in [7, 11) is 0. The van der Waals surface area contributed by atoms with Crippen LogP contribution in [-0.2, 0) is 9.53 Å². The molecule has 17 heavy (non-hydrogen) atoms. The highest BCUT2D eigenvalue weighted by atomic mass is 16.5. The highest BCUT2D eigenvalue weighted by Crippen LogP contribution is 2.41. The van der Waals surface area contributed by atoms with Crippen LogP contribution in [0.15, 0.2) is 29.8 Å². The van der Waals surface area contributed by atoms with Crippen molar-refractivity contribution in [1.29, 1.82) is 0 Å². The molecule has 1 aromatic rings. The Morgan fingerprint density at radius 2 is 1.65 bits per heavy atom. The van der Waals surface area contributed by atoms with Crippen LogP contribution in [0.1, 0.15) is 29.8 Å². The molecule has 2 atom stereocenters. The minimum Gasteiger partial charge on any atom is -0.489 e. The Labute approximate surface area is 99.1 Å². The van der Waals surface area contributed by atoms with Gasteiger partial charge in [-0.2, -0.15) is 0 Å². The highest BCUT2D eigenvalue weighted by Gasteiger charge is 2.42. The molecule has 3 heteroatoms. The van der Waals surface area contributed by atoms with Crippen LogP contribution in [0.2, 0.25) is 0 Å². The fourth-order valence-electron chi connectivity index (χ4n) is 2.44. The predicted molar refractivity (Wildman–Crippen MR) is 62.4 cm³/mol. The molecule has 86 valence electrons. The van der Waals surface area contributed by atoms with Gasteiger partial charge in [-0.25, -0.2) is 0 Å². The molecule has 2 aliphatic rings. The zero-order chi connectivity index (χ0) is 12.2. The monoisotopic (exact) mass is 228 g/mol. The molecule has 0 spiro atoms. The number of ether oxygens (including phenoxy) is 1. The molecule has 0 saturated carbocycles.